The Morgan fingerprint density at radius 3 is 2.42 bits per heavy atom. The van der Waals surface area contributed by atoms with Crippen LogP contribution in [-0.2, 0) is 4.79 Å². The van der Waals surface area contributed by atoms with E-state index < -0.39 is 16.7 Å². The van der Waals surface area contributed by atoms with Crippen molar-refractivity contribution in [2.24, 2.45) is 0 Å². The minimum Gasteiger partial charge on any atom is -0.268 e. The van der Waals surface area contributed by atoms with Gasteiger partial charge in [0.15, 0.2) is 0 Å². The van der Waals surface area contributed by atoms with Crippen LogP contribution in [0.4, 0.5) is 5.69 Å². The van der Waals surface area contributed by atoms with Gasteiger partial charge >= 0.3 is 0 Å². The summed E-state index contributed by atoms with van der Waals surface area (Å²) in [5.74, 6) is -0.940. The average molecular weight is 325 g/mol. The molecule has 0 fully saturated rings. The van der Waals surface area contributed by atoms with Crippen molar-refractivity contribution in [2.75, 3.05) is 0 Å². The van der Waals surface area contributed by atoms with E-state index in [2.05, 4.69) is 10.9 Å². The fourth-order valence-corrected chi connectivity index (χ4v) is 1.90. The van der Waals surface area contributed by atoms with Crippen LogP contribution in [0.3, 0.4) is 0 Å². The van der Waals surface area contributed by atoms with Gasteiger partial charge in [0.2, 0.25) is 0 Å². The standard InChI is InChI=1S/C17H15N3O4/c1-12-3-2-4-14(11-12)17(22)19-18-16(21)10-7-13-5-8-15(9-6-13)20(23)24/h2-11H,1H3,(H,18,21)(H,19,22)/b10-7+. The highest BCUT2D eigenvalue weighted by molar-refractivity contribution is 5.98. The lowest BCUT2D eigenvalue weighted by Crippen LogP contribution is -2.40. The smallest absolute Gasteiger partial charge is 0.268 e. The molecule has 0 atom stereocenters. The summed E-state index contributed by atoms with van der Waals surface area (Å²) in [5.41, 5.74) is 6.55. The number of aryl methyl sites for hydroxylation is 1. The number of nitrogens with zero attached hydrogens (tertiary/aromatic N) is 1. The van der Waals surface area contributed by atoms with E-state index in [1.165, 1.54) is 36.4 Å². The van der Waals surface area contributed by atoms with E-state index in [0.29, 0.717) is 11.1 Å². The monoisotopic (exact) mass is 325 g/mol. The zero-order valence-electron chi connectivity index (χ0n) is 12.9. The summed E-state index contributed by atoms with van der Waals surface area (Å²) in [5, 5.41) is 10.5. The zero-order valence-corrected chi connectivity index (χ0v) is 12.9. The first kappa shape index (κ1) is 16.9. The molecule has 0 aliphatic rings. The van der Waals surface area contributed by atoms with Crippen molar-refractivity contribution in [2.45, 2.75) is 6.92 Å². The number of hydrogen-bond acceptors (Lipinski definition) is 4. The van der Waals surface area contributed by atoms with Gasteiger partial charge in [0.25, 0.3) is 17.5 Å². The summed E-state index contributed by atoms with van der Waals surface area (Å²) in [6.45, 7) is 1.86. The van der Waals surface area contributed by atoms with Crippen LogP contribution in [0.2, 0.25) is 0 Å². The average Bonchev–Trinajstić information content (AvgIpc) is 2.58. The second-order valence-electron chi connectivity index (χ2n) is 4.99. The van der Waals surface area contributed by atoms with Crippen molar-refractivity contribution in [3.05, 3.63) is 81.4 Å². The van der Waals surface area contributed by atoms with Crippen LogP contribution in [0.25, 0.3) is 6.08 Å². The fraction of sp³-hybridized carbons (Fsp3) is 0.0588. The maximum Gasteiger partial charge on any atom is 0.269 e. The van der Waals surface area contributed by atoms with Gasteiger partial charge in [-0.1, -0.05) is 17.7 Å². The molecule has 0 bridgehead atoms. The summed E-state index contributed by atoms with van der Waals surface area (Å²) >= 11 is 0. The molecule has 0 spiro atoms. The number of carbonyl (C=O) groups is 2. The zero-order chi connectivity index (χ0) is 17.5. The molecule has 2 amide bonds. The van der Waals surface area contributed by atoms with Gasteiger partial charge in [-0.05, 0) is 42.8 Å². The lowest BCUT2D eigenvalue weighted by atomic mass is 10.1. The van der Waals surface area contributed by atoms with Crippen molar-refractivity contribution in [1.29, 1.82) is 0 Å². The molecule has 0 saturated heterocycles. The van der Waals surface area contributed by atoms with Gasteiger partial charge in [0, 0.05) is 23.8 Å². The molecule has 0 unspecified atom stereocenters. The van der Waals surface area contributed by atoms with E-state index >= 15 is 0 Å². The third-order valence-corrected chi connectivity index (χ3v) is 3.11. The lowest BCUT2D eigenvalue weighted by molar-refractivity contribution is -0.384. The molecule has 2 rings (SSSR count). The summed E-state index contributed by atoms with van der Waals surface area (Å²) in [6.07, 6.45) is 2.70. The van der Waals surface area contributed by atoms with Crippen LogP contribution in [-0.4, -0.2) is 16.7 Å². The van der Waals surface area contributed by atoms with Crippen LogP contribution in [0.5, 0.6) is 0 Å². The van der Waals surface area contributed by atoms with E-state index in [1.807, 2.05) is 13.0 Å². The first-order chi connectivity index (χ1) is 11.5. The minimum atomic E-state index is -0.519. The molecule has 7 nitrogen and oxygen atoms in total. The van der Waals surface area contributed by atoms with E-state index in [0.717, 1.165) is 5.56 Å². The Hall–Kier alpha value is -3.48. The van der Waals surface area contributed by atoms with Crippen molar-refractivity contribution in [3.63, 3.8) is 0 Å². The Labute approximate surface area is 138 Å². The van der Waals surface area contributed by atoms with Gasteiger partial charge < -0.3 is 0 Å². The molecule has 0 heterocycles. The molecule has 0 saturated carbocycles. The van der Waals surface area contributed by atoms with Gasteiger partial charge in [-0.2, -0.15) is 0 Å². The van der Waals surface area contributed by atoms with E-state index in [4.69, 9.17) is 0 Å². The molecule has 122 valence electrons. The molecule has 0 aliphatic carbocycles. The molecule has 2 N–H and O–H groups in total. The summed E-state index contributed by atoms with van der Waals surface area (Å²) in [6, 6.07) is 12.7. The number of non-ortho nitro benzene ring substituents is 1. The summed E-state index contributed by atoms with van der Waals surface area (Å²) in [7, 11) is 0. The number of rotatable bonds is 4. The van der Waals surface area contributed by atoms with Crippen LogP contribution in [0.15, 0.2) is 54.6 Å². The Bertz CT molecular complexity index is 798. The molecular formula is C17H15N3O4. The van der Waals surface area contributed by atoms with Crippen LogP contribution in [0.1, 0.15) is 21.5 Å². The van der Waals surface area contributed by atoms with Crippen LogP contribution < -0.4 is 10.9 Å². The number of hydrogen-bond donors (Lipinski definition) is 2. The second kappa shape index (κ2) is 7.68. The summed E-state index contributed by atoms with van der Waals surface area (Å²) in [4.78, 5) is 33.6. The van der Waals surface area contributed by atoms with Gasteiger partial charge in [-0.3, -0.25) is 30.6 Å². The largest absolute Gasteiger partial charge is 0.269 e. The first-order valence-electron chi connectivity index (χ1n) is 7.05. The first-order valence-corrected chi connectivity index (χ1v) is 7.05. The van der Waals surface area contributed by atoms with Gasteiger partial charge in [-0.25, -0.2) is 0 Å². The van der Waals surface area contributed by atoms with Crippen molar-refractivity contribution in [3.8, 4) is 0 Å². The van der Waals surface area contributed by atoms with Crippen molar-refractivity contribution >= 4 is 23.6 Å². The maximum absolute atomic E-state index is 11.9. The van der Waals surface area contributed by atoms with Crippen molar-refractivity contribution < 1.29 is 14.5 Å². The van der Waals surface area contributed by atoms with E-state index in [-0.39, 0.29) is 5.69 Å². The predicted octanol–water partition coefficient (Wildman–Crippen LogP) is 2.38. The number of benzene rings is 2. The molecule has 24 heavy (non-hydrogen) atoms. The number of hydrazine groups is 1. The number of carbonyl (C=O) groups excluding carboxylic acids is 2. The molecule has 7 heteroatoms. The topological polar surface area (TPSA) is 101 Å². The molecular weight excluding hydrogens is 310 g/mol. The number of nitro groups is 1. The summed E-state index contributed by atoms with van der Waals surface area (Å²) < 4.78 is 0. The van der Waals surface area contributed by atoms with Crippen LogP contribution >= 0.6 is 0 Å². The predicted molar refractivity (Wildman–Crippen MR) is 88.9 cm³/mol. The highest BCUT2D eigenvalue weighted by Crippen LogP contribution is 2.12. The highest BCUT2D eigenvalue weighted by Gasteiger charge is 2.06. The Morgan fingerprint density at radius 1 is 1.08 bits per heavy atom. The van der Waals surface area contributed by atoms with Gasteiger partial charge in [0.1, 0.15) is 0 Å². The highest BCUT2D eigenvalue weighted by atomic mass is 16.6. The van der Waals surface area contributed by atoms with Crippen molar-refractivity contribution in [1.82, 2.24) is 10.9 Å². The van der Waals surface area contributed by atoms with E-state index in [9.17, 15) is 19.7 Å². The fourth-order valence-electron chi connectivity index (χ4n) is 1.90. The molecule has 0 aromatic heterocycles. The number of amides is 2. The molecule has 2 aromatic carbocycles. The molecule has 0 aliphatic heterocycles. The Morgan fingerprint density at radius 2 is 1.79 bits per heavy atom. The Balaban J connectivity index is 1.88. The minimum absolute atomic E-state index is 0.0259. The normalized spacial score (nSPS) is 10.4. The van der Waals surface area contributed by atoms with Gasteiger partial charge in [-0.15, -0.1) is 0 Å². The SMILES string of the molecule is Cc1cccc(C(=O)NNC(=O)/C=C/c2ccc([N+](=O)[O-])cc2)c1. The maximum atomic E-state index is 11.9. The quantitative estimate of drug-likeness (QED) is 0.512. The Kier molecular flexibility index (Phi) is 5.40. The third kappa shape index (κ3) is 4.77. The number of nitrogens with one attached hydrogen (secondary N) is 2. The number of nitro benzene ring substituents is 1. The van der Waals surface area contributed by atoms with E-state index in [1.54, 1.807) is 18.2 Å². The lowest BCUT2D eigenvalue weighted by Gasteiger charge is -2.05. The van der Waals surface area contributed by atoms with Gasteiger partial charge in [0.05, 0.1) is 4.92 Å². The van der Waals surface area contributed by atoms with Crippen LogP contribution in [0, 0.1) is 17.0 Å². The second-order valence-corrected chi connectivity index (χ2v) is 4.99. The molecule has 0 radical (unpaired) electrons. The molecule has 2 aromatic rings. The third-order valence-electron chi connectivity index (χ3n) is 3.11.